The van der Waals surface area contributed by atoms with Gasteiger partial charge in [0, 0.05) is 83.3 Å². The lowest BCUT2D eigenvalue weighted by atomic mass is 9.97. The number of carbonyl (C=O) groups excluding carboxylic acids is 1. The molecule has 0 aromatic heterocycles. The first-order valence-corrected chi connectivity index (χ1v) is 13.2. The van der Waals surface area contributed by atoms with Crippen LogP contribution in [-0.4, -0.2) is 92.2 Å². The molecule has 6 heteroatoms. The standard InChI is InChI=1S/C29H40N4O2/c1-22(2)31-14-16-32(17-15-31)26-8-9-28-24(18-26)11-13-33(29(28)34)21-27(35-3)20-30-12-10-23-6-4-5-7-25(23)19-30/h4-9,18,22,27H,10-17,19-21H2,1-3H3. The van der Waals surface area contributed by atoms with Crippen molar-refractivity contribution in [3.63, 3.8) is 0 Å². The third-order valence-corrected chi connectivity index (χ3v) is 8.10. The van der Waals surface area contributed by atoms with Crippen LogP contribution in [0, 0.1) is 0 Å². The van der Waals surface area contributed by atoms with Crippen LogP contribution in [0.4, 0.5) is 5.69 Å². The number of fused-ring (bicyclic) bond motifs is 2. The SMILES string of the molecule is COC(CN1CCc2ccccc2C1)CN1CCc2cc(N3CCN(C(C)C)CC3)ccc2C1=O. The third-order valence-electron chi connectivity index (χ3n) is 8.10. The maximum Gasteiger partial charge on any atom is 0.254 e. The molecule has 0 bridgehead atoms. The summed E-state index contributed by atoms with van der Waals surface area (Å²) in [5.41, 5.74) is 6.19. The molecule has 0 spiro atoms. The molecule has 1 amide bonds. The van der Waals surface area contributed by atoms with Crippen molar-refractivity contribution in [2.75, 3.05) is 64.4 Å². The molecule has 3 heterocycles. The molecular weight excluding hydrogens is 436 g/mol. The molecule has 0 aliphatic carbocycles. The zero-order valence-corrected chi connectivity index (χ0v) is 21.6. The summed E-state index contributed by atoms with van der Waals surface area (Å²) in [5, 5.41) is 0. The van der Waals surface area contributed by atoms with Crippen molar-refractivity contribution in [1.29, 1.82) is 0 Å². The van der Waals surface area contributed by atoms with Crippen molar-refractivity contribution in [2.24, 2.45) is 0 Å². The Kier molecular flexibility index (Phi) is 7.42. The van der Waals surface area contributed by atoms with E-state index in [1.165, 1.54) is 22.4 Å². The Hall–Kier alpha value is -2.41. The van der Waals surface area contributed by atoms with Gasteiger partial charge in [-0.1, -0.05) is 24.3 Å². The van der Waals surface area contributed by atoms with E-state index in [4.69, 9.17) is 4.74 Å². The van der Waals surface area contributed by atoms with Gasteiger partial charge >= 0.3 is 0 Å². The lowest BCUT2D eigenvalue weighted by molar-refractivity contribution is 0.0272. The van der Waals surface area contributed by atoms with Crippen molar-refractivity contribution in [2.45, 2.75) is 45.4 Å². The zero-order chi connectivity index (χ0) is 24.4. The summed E-state index contributed by atoms with van der Waals surface area (Å²) in [7, 11) is 1.77. The predicted molar refractivity (Wildman–Crippen MR) is 141 cm³/mol. The molecule has 0 N–H and O–H groups in total. The molecule has 3 aliphatic heterocycles. The number of hydrogen-bond donors (Lipinski definition) is 0. The third kappa shape index (κ3) is 5.40. The minimum absolute atomic E-state index is 0.0160. The molecule has 5 rings (SSSR count). The Balaban J connectivity index is 1.19. The topological polar surface area (TPSA) is 39.3 Å². The van der Waals surface area contributed by atoms with Gasteiger partial charge in [0.05, 0.1) is 6.10 Å². The number of methoxy groups -OCH3 is 1. The van der Waals surface area contributed by atoms with Gasteiger partial charge in [-0.2, -0.15) is 0 Å². The summed E-state index contributed by atoms with van der Waals surface area (Å²) in [5.74, 6) is 0.147. The van der Waals surface area contributed by atoms with Gasteiger partial charge in [0.2, 0.25) is 0 Å². The molecule has 0 saturated carbocycles. The highest BCUT2D eigenvalue weighted by molar-refractivity contribution is 5.97. The fourth-order valence-electron chi connectivity index (χ4n) is 5.84. The predicted octanol–water partition coefficient (Wildman–Crippen LogP) is 3.29. The van der Waals surface area contributed by atoms with Gasteiger partial charge in [-0.15, -0.1) is 0 Å². The summed E-state index contributed by atoms with van der Waals surface area (Å²) in [6, 6.07) is 15.8. The summed E-state index contributed by atoms with van der Waals surface area (Å²) >= 11 is 0. The number of nitrogens with zero attached hydrogens (tertiary/aromatic N) is 4. The monoisotopic (exact) mass is 476 g/mol. The van der Waals surface area contributed by atoms with Crippen LogP contribution in [0.15, 0.2) is 42.5 Å². The number of benzene rings is 2. The Bertz CT molecular complexity index is 1030. The number of rotatable bonds is 7. The van der Waals surface area contributed by atoms with Gasteiger partial charge in [-0.25, -0.2) is 0 Å². The molecule has 1 saturated heterocycles. The van der Waals surface area contributed by atoms with E-state index >= 15 is 0 Å². The van der Waals surface area contributed by atoms with E-state index in [0.29, 0.717) is 12.6 Å². The molecule has 1 fully saturated rings. The fourth-order valence-corrected chi connectivity index (χ4v) is 5.84. The molecule has 1 unspecified atom stereocenters. The maximum atomic E-state index is 13.4. The van der Waals surface area contributed by atoms with E-state index in [1.807, 2.05) is 4.90 Å². The molecule has 2 aromatic carbocycles. The highest BCUT2D eigenvalue weighted by atomic mass is 16.5. The van der Waals surface area contributed by atoms with E-state index in [9.17, 15) is 4.79 Å². The molecule has 3 aliphatic rings. The van der Waals surface area contributed by atoms with Gasteiger partial charge in [0.25, 0.3) is 5.91 Å². The van der Waals surface area contributed by atoms with Crippen molar-refractivity contribution in [3.8, 4) is 0 Å². The molecular formula is C29H40N4O2. The number of amides is 1. The lowest BCUT2D eigenvalue weighted by Gasteiger charge is -2.39. The van der Waals surface area contributed by atoms with E-state index in [2.05, 4.69) is 71.0 Å². The van der Waals surface area contributed by atoms with E-state index in [0.717, 1.165) is 70.8 Å². The number of piperazine rings is 1. The first-order chi connectivity index (χ1) is 17.0. The average molecular weight is 477 g/mol. The first kappa shape index (κ1) is 24.3. The molecule has 188 valence electrons. The Labute approximate surface area is 210 Å². The number of carbonyl (C=O) groups is 1. The smallest absolute Gasteiger partial charge is 0.254 e. The zero-order valence-electron chi connectivity index (χ0n) is 21.6. The van der Waals surface area contributed by atoms with Crippen LogP contribution in [0.1, 0.15) is 40.9 Å². The van der Waals surface area contributed by atoms with Crippen molar-refractivity contribution in [3.05, 3.63) is 64.7 Å². The minimum atomic E-state index is 0.0160. The second kappa shape index (κ2) is 10.7. The van der Waals surface area contributed by atoms with Crippen molar-refractivity contribution < 1.29 is 9.53 Å². The summed E-state index contributed by atoms with van der Waals surface area (Å²) in [4.78, 5) is 22.8. The van der Waals surface area contributed by atoms with Crippen LogP contribution in [0.2, 0.25) is 0 Å². The van der Waals surface area contributed by atoms with Crippen LogP contribution < -0.4 is 4.90 Å². The van der Waals surface area contributed by atoms with Crippen LogP contribution >= 0.6 is 0 Å². The van der Waals surface area contributed by atoms with E-state index in [-0.39, 0.29) is 12.0 Å². The second-order valence-electron chi connectivity index (χ2n) is 10.6. The lowest BCUT2D eigenvalue weighted by Crippen LogP contribution is -2.49. The van der Waals surface area contributed by atoms with Crippen LogP contribution in [0.3, 0.4) is 0 Å². The molecule has 1 atom stereocenters. The van der Waals surface area contributed by atoms with Gasteiger partial charge in [-0.05, 0) is 61.6 Å². The second-order valence-corrected chi connectivity index (χ2v) is 10.6. The average Bonchev–Trinajstić information content (AvgIpc) is 2.89. The minimum Gasteiger partial charge on any atom is -0.378 e. The van der Waals surface area contributed by atoms with Gasteiger partial charge in [-0.3, -0.25) is 14.6 Å². The summed E-state index contributed by atoms with van der Waals surface area (Å²) < 4.78 is 5.86. The number of anilines is 1. The molecule has 35 heavy (non-hydrogen) atoms. The fraction of sp³-hybridized carbons (Fsp3) is 0.552. The largest absolute Gasteiger partial charge is 0.378 e. The first-order valence-electron chi connectivity index (χ1n) is 13.2. The molecule has 6 nitrogen and oxygen atoms in total. The van der Waals surface area contributed by atoms with Crippen LogP contribution in [0.5, 0.6) is 0 Å². The highest BCUT2D eigenvalue weighted by Crippen LogP contribution is 2.26. The van der Waals surface area contributed by atoms with Crippen LogP contribution in [-0.2, 0) is 24.1 Å². The Morgan fingerprint density at radius 3 is 2.34 bits per heavy atom. The van der Waals surface area contributed by atoms with Gasteiger partial charge < -0.3 is 14.5 Å². The van der Waals surface area contributed by atoms with E-state index in [1.54, 1.807) is 7.11 Å². The van der Waals surface area contributed by atoms with Gasteiger partial charge in [0.1, 0.15) is 0 Å². The van der Waals surface area contributed by atoms with E-state index < -0.39 is 0 Å². The van der Waals surface area contributed by atoms with Gasteiger partial charge in [0.15, 0.2) is 0 Å². The highest BCUT2D eigenvalue weighted by Gasteiger charge is 2.29. The Morgan fingerprint density at radius 2 is 1.60 bits per heavy atom. The number of ether oxygens (including phenoxy) is 1. The molecule has 0 radical (unpaired) electrons. The number of hydrogen-bond acceptors (Lipinski definition) is 5. The van der Waals surface area contributed by atoms with Crippen LogP contribution in [0.25, 0.3) is 0 Å². The summed E-state index contributed by atoms with van der Waals surface area (Å²) in [6.07, 6.45) is 2.01. The molecule has 2 aromatic rings. The van der Waals surface area contributed by atoms with Crippen molar-refractivity contribution in [1.82, 2.24) is 14.7 Å². The quantitative estimate of drug-likeness (QED) is 0.613. The van der Waals surface area contributed by atoms with Crippen molar-refractivity contribution >= 4 is 11.6 Å². The summed E-state index contributed by atoms with van der Waals surface area (Å²) in [6.45, 7) is 13.1. The maximum absolute atomic E-state index is 13.4. The normalized spacial score (nSPS) is 20.2. The Morgan fingerprint density at radius 1 is 0.857 bits per heavy atom.